The van der Waals surface area contributed by atoms with E-state index in [0.29, 0.717) is 28.0 Å². The van der Waals surface area contributed by atoms with Crippen LogP contribution in [0.15, 0.2) is 60.8 Å². The molecule has 0 unspecified atom stereocenters. The lowest BCUT2D eigenvalue weighted by Crippen LogP contribution is -2.52. The van der Waals surface area contributed by atoms with Crippen LogP contribution in [-0.4, -0.2) is 28.5 Å². The smallest absolute Gasteiger partial charge is 0.411 e. The zero-order valence-electron chi connectivity index (χ0n) is 20.9. The summed E-state index contributed by atoms with van der Waals surface area (Å²) in [6.45, 7) is 6.86. The van der Waals surface area contributed by atoms with Gasteiger partial charge in [-0.1, -0.05) is 25.1 Å². The number of hydrogen-bond donors (Lipinski definition) is 3. The Hall–Kier alpha value is -4.20. The summed E-state index contributed by atoms with van der Waals surface area (Å²) in [6.07, 6.45) is 0.237. The van der Waals surface area contributed by atoms with Gasteiger partial charge in [-0.2, -0.15) is 0 Å². The van der Waals surface area contributed by atoms with E-state index in [-0.39, 0.29) is 16.9 Å². The molecule has 1 aromatic heterocycles. The van der Waals surface area contributed by atoms with Crippen molar-refractivity contribution in [1.82, 2.24) is 4.98 Å². The Kier molecular flexibility index (Phi) is 5.98. The van der Waals surface area contributed by atoms with Gasteiger partial charge < -0.3 is 15.0 Å². The number of carbonyl (C=O) groups is 2. The highest BCUT2D eigenvalue weighted by molar-refractivity contribution is 5.96. The zero-order valence-corrected chi connectivity index (χ0v) is 20.9. The number of benzene rings is 3. The molecule has 0 radical (unpaired) electrons. The molecule has 0 aliphatic carbocycles. The van der Waals surface area contributed by atoms with Gasteiger partial charge in [0.2, 0.25) is 0 Å². The number of fused-ring (bicyclic) bond motifs is 2. The number of halogens is 2. The molecular weight excluding hydrogens is 476 g/mol. The van der Waals surface area contributed by atoms with Crippen LogP contribution in [0.4, 0.5) is 25.0 Å². The average molecular weight is 504 g/mol. The van der Waals surface area contributed by atoms with E-state index >= 15 is 8.78 Å². The Morgan fingerprint density at radius 3 is 2.49 bits per heavy atom. The lowest BCUT2D eigenvalue weighted by Gasteiger charge is -2.44. The summed E-state index contributed by atoms with van der Waals surface area (Å²) in [6, 6.07) is 14.9. The number of ether oxygens (including phenoxy) is 1. The first-order chi connectivity index (χ1) is 17.6. The maximum Gasteiger partial charge on any atom is 0.411 e. The molecule has 37 heavy (non-hydrogen) atoms. The summed E-state index contributed by atoms with van der Waals surface area (Å²) < 4.78 is 37.3. The molecule has 0 spiro atoms. The predicted octanol–water partition coefficient (Wildman–Crippen LogP) is 7.24. The summed E-state index contributed by atoms with van der Waals surface area (Å²) in [4.78, 5) is 27.4. The van der Waals surface area contributed by atoms with Gasteiger partial charge in [-0.05, 0) is 62.6 Å². The molecule has 4 aromatic rings. The van der Waals surface area contributed by atoms with Gasteiger partial charge in [0.15, 0.2) is 5.78 Å². The standard InChI is InChI=1S/C29H27F2N3O3/c1-15-23-22(14-21(30)24(25(23)31)20-7-5-6-18-12-13-32-26(18)20)34-29(3,4)27(15)37-28(36)33-19-10-8-17(9-11-19)16(2)35/h5-15,27,32,34H,1-4H3,(H,33,36)/t15-,27+/m1/s1. The number of H-pyrrole nitrogens is 1. The van der Waals surface area contributed by atoms with Gasteiger partial charge in [0.05, 0.1) is 16.6 Å². The fraction of sp³-hybridized carbons (Fsp3) is 0.241. The van der Waals surface area contributed by atoms with Crippen LogP contribution in [0.2, 0.25) is 0 Å². The van der Waals surface area contributed by atoms with E-state index in [0.717, 1.165) is 5.39 Å². The molecule has 5 rings (SSSR count). The Morgan fingerprint density at radius 2 is 1.78 bits per heavy atom. The minimum atomic E-state index is -0.817. The van der Waals surface area contributed by atoms with Crippen molar-refractivity contribution in [3.05, 3.63) is 83.6 Å². The predicted molar refractivity (Wildman–Crippen MR) is 140 cm³/mol. The molecule has 0 saturated carbocycles. The van der Waals surface area contributed by atoms with Crippen molar-refractivity contribution in [3.8, 4) is 11.1 Å². The first kappa shape index (κ1) is 24.5. The molecular formula is C29H27F2N3O3. The second-order valence-electron chi connectivity index (χ2n) is 9.98. The lowest BCUT2D eigenvalue weighted by molar-refractivity contribution is 0.0560. The lowest BCUT2D eigenvalue weighted by atomic mass is 9.77. The second kappa shape index (κ2) is 9.03. The minimum Gasteiger partial charge on any atom is -0.443 e. The number of nitrogens with one attached hydrogen (secondary N) is 3. The summed E-state index contributed by atoms with van der Waals surface area (Å²) >= 11 is 0. The minimum absolute atomic E-state index is 0.0815. The van der Waals surface area contributed by atoms with E-state index < -0.39 is 35.3 Å². The normalized spacial score (nSPS) is 18.1. The first-order valence-corrected chi connectivity index (χ1v) is 12.0. The van der Waals surface area contributed by atoms with E-state index in [1.165, 1.54) is 13.0 Å². The van der Waals surface area contributed by atoms with Crippen LogP contribution in [0.3, 0.4) is 0 Å². The molecule has 190 valence electrons. The molecule has 2 heterocycles. The van der Waals surface area contributed by atoms with E-state index in [1.807, 2.05) is 26.0 Å². The Morgan fingerprint density at radius 1 is 1.05 bits per heavy atom. The molecule has 8 heteroatoms. The molecule has 0 saturated heterocycles. The number of para-hydroxylation sites is 1. The Balaban J connectivity index is 1.47. The largest absolute Gasteiger partial charge is 0.443 e. The summed E-state index contributed by atoms with van der Waals surface area (Å²) in [5, 5.41) is 6.67. The number of hydrogen-bond acceptors (Lipinski definition) is 4. The number of amides is 1. The number of ketones is 1. The third-order valence-electron chi connectivity index (χ3n) is 6.96. The van der Waals surface area contributed by atoms with Gasteiger partial charge in [0.1, 0.15) is 17.7 Å². The van der Waals surface area contributed by atoms with Crippen molar-refractivity contribution < 1.29 is 23.1 Å². The topological polar surface area (TPSA) is 83.2 Å². The van der Waals surface area contributed by atoms with Crippen molar-refractivity contribution >= 4 is 34.2 Å². The SMILES string of the molecule is CC(=O)c1ccc(NC(=O)O[C@H]2[C@H](C)c3c(cc(F)c(-c4cccc5cc[nH]c45)c3F)NC2(C)C)cc1. The van der Waals surface area contributed by atoms with Crippen molar-refractivity contribution in [2.45, 2.75) is 45.3 Å². The molecule has 2 atom stereocenters. The molecule has 1 amide bonds. The molecule has 6 nitrogen and oxygen atoms in total. The average Bonchev–Trinajstić information content (AvgIpc) is 3.31. The zero-order chi connectivity index (χ0) is 26.5. The molecule has 0 bridgehead atoms. The molecule has 1 aliphatic rings. The van der Waals surface area contributed by atoms with Crippen molar-refractivity contribution in [2.24, 2.45) is 0 Å². The fourth-order valence-electron chi connectivity index (χ4n) is 5.22. The summed E-state index contributed by atoms with van der Waals surface area (Å²) in [7, 11) is 0. The monoisotopic (exact) mass is 503 g/mol. The number of aromatic amines is 1. The maximum absolute atomic E-state index is 16.1. The first-order valence-electron chi connectivity index (χ1n) is 12.0. The number of rotatable bonds is 4. The van der Waals surface area contributed by atoms with Gasteiger partial charge >= 0.3 is 6.09 Å². The van der Waals surface area contributed by atoms with Crippen LogP contribution < -0.4 is 10.6 Å². The highest BCUT2D eigenvalue weighted by atomic mass is 19.1. The number of anilines is 2. The van der Waals surface area contributed by atoms with Crippen LogP contribution in [0.5, 0.6) is 0 Å². The van der Waals surface area contributed by atoms with E-state index in [2.05, 4.69) is 15.6 Å². The van der Waals surface area contributed by atoms with Crippen molar-refractivity contribution in [2.75, 3.05) is 10.6 Å². The summed E-state index contributed by atoms with van der Waals surface area (Å²) in [5.74, 6) is -2.04. The van der Waals surface area contributed by atoms with Gasteiger partial charge in [0.25, 0.3) is 0 Å². The molecule has 3 N–H and O–H groups in total. The van der Waals surface area contributed by atoms with Crippen LogP contribution in [-0.2, 0) is 4.74 Å². The Bertz CT molecular complexity index is 1530. The van der Waals surface area contributed by atoms with E-state index in [9.17, 15) is 9.59 Å². The second-order valence-corrected chi connectivity index (χ2v) is 9.98. The third-order valence-corrected chi connectivity index (χ3v) is 6.96. The quantitative estimate of drug-likeness (QED) is 0.256. The van der Waals surface area contributed by atoms with Crippen LogP contribution in [0, 0.1) is 11.6 Å². The Labute approximate surface area is 213 Å². The van der Waals surface area contributed by atoms with Crippen LogP contribution >= 0.6 is 0 Å². The fourth-order valence-corrected chi connectivity index (χ4v) is 5.22. The molecule has 1 aliphatic heterocycles. The van der Waals surface area contributed by atoms with Crippen LogP contribution in [0.25, 0.3) is 22.0 Å². The van der Waals surface area contributed by atoms with Crippen molar-refractivity contribution in [3.63, 3.8) is 0 Å². The van der Waals surface area contributed by atoms with E-state index in [1.54, 1.807) is 49.5 Å². The summed E-state index contributed by atoms with van der Waals surface area (Å²) in [5.41, 5.74) is 1.67. The number of aromatic nitrogens is 1. The van der Waals surface area contributed by atoms with Gasteiger partial charge in [-0.15, -0.1) is 0 Å². The van der Waals surface area contributed by atoms with E-state index in [4.69, 9.17) is 4.74 Å². The third kappa shape index (κ3) is 4.33. The highest BCUT2D eigenvalue weighted by Crippen LogP contribution is 2.46. The number of carbonyl (C=O) groups excluding carboxylic acids is 2. The van der Waals surface area contributed by atoms with Gasteiger partial charge in [0, 0.05) is 40.2 Å². The van der Waals surface area contributed by atoms with Crippen molar-refractivity contribution in [1.29, 1.82) is 0 Å². The highest BCUT2D eigenvalue weighted by Gasteiger charge is 2.45. The molecule has 3 aromatic carbocycles. The maximum atomic E-state index is 16.1. The van der Waals surface area contributed by atoms with Gasteiger partial charge in [-0.3, -0.25) is 10.1 Å². The van der Waals surface area contributed by atoms with Gasteiger partial charge in [-0.25, -0.2) is 13.6 Å². The number of Topliss-reactive ketones (excluding diaryl/α,β-unsaturated/α-hetero) is 1. The van der Waals surface area contributed by atoms with Crippen LogP contribution in [0.1, 0.15) is 49.5 Å². The molecule has 0 fully saturated rings.